The molecule has 0 aliphatic rings. The smallest absolute Gasteiger partial charge is 0.305 e. The van der Waals surface area contributed by atoms with Crippen LogP contribution in [0.4, 0.5) is 4.39 Å². The molecule has 1 aromatic carbocycles. The topological polar surface area (TPSA) is 79.3 Å². The number of halogens is 1. The van der Waals surface area contributed by atoms with Gasteiger partial charge in [0.05, 0.1) is 28.7 Å². The highest BCUT2D eigenvalue weighted by Gasteiger charge is 2.31. The first-order chi connectivity index (χ1) is 11.3. The Morgan fingerprint density at radius 3 is 2.50 bits per heavy atom. The zero-order chi connectivity index (χ0) is 17.9. The molecule has 0 fully saturated rings. The Balaban J connectivity index is 2.38. The fourth-order valence-electron chi connectivity index (χ4n) is 2.79. The van der Waals surface area contributed by atoms with E-state index in [1.807, 2.05) is 13.8 Å². The third kappa shape index (κ3) is 3.69. The lowest BCUT2D eigenvalue weighted by Crippen LogP contribution is -2.49. The monoisotopic (exact) mass is 332 g/mol. The first-order valence-electron chi connectivity index (χ1n) is 7.91. The maximum absolute atomic E-state index is 13.3. The van der Waals surface area contributed by atoms with Crippen LogP contribution in [0, 0.1) is 12.7 Å². The van der Waals surface area contributed by atoms with E-state index in [1.54, 1.807) is 19.1 Å². The average molecular weight is 332 g/mol. The Morgan fingerprint density at radius 2 is 1.92 bits per heavy atom. The fourth-order valence-corrected chi connectivity index (χ4v) is 2.79. The van der Waals surface area contributed by atoms with Crippen LogP contribution in [-0.4, -0.2) is 27.5 Å². The van der Waals surface area contributed by atoms with E-state index in [1.165, 1.54) is 12.1 Å². The molecule has 0 unspecified atom stereocenters. The molecule has 2 rings (SSSR count). The number of nitrogens with one attached hydrogen (secondary N) is 1. The van der Waals surface area contributed by atoms with Crippen LogP contribution in [0.25, 0.3) is 10.9 Å². The third-order valence-corrected chi connectivity index (χ3v) is 4.44. The van der Waals surface area contributed by atoms with Crippen LogP contribution in [0.5, 0.6) is 0 Å². The van der Waals surface area contributed by atoms with Gasteiger partial charge in [-0.2, -0.15) is 0 Å². The average Bonchev–Trinajstić information content (AvgIpc) is 2.52. The number of carbonyl (C=O) groups is 2. The number of hydrogen-bond donors (Lipinski definition) is 2. The van der Waals surface area contributed by atoms with E-state index in [4.69, 9.17) is 5.11 Å². The second kappa shape index (κ2) is 6.95. The van der Waals surface area contributed by atoms with Gasteiger partial charge in [0.1, 0.15) is 5.82 Å². The highest BCUT2D eigenvalue weighted by Crippen LogP contribution is 2.23. The number of hydrogen-bond acceptors (Lipinski definition) is 3. The number of carboxylic acids is 1. The lowest BCUT2D eigenvalue weighted by molar-refractivity contribution is -0.138. The van der Waals surface area contributed by atoms with Gasteiger partial charge in [0.2, 0.25) is 0 Å². The van der Waals surface area contributed by atoms with Crippen molar-refractivity contribution in [3.05, 3.63) is 41.3 Å². The number of carbonyl (C=O) groups excluding carboxylic acids is 1. The zero-order valence-corrected chi connectivity index (χ0v) is 14.0. The van der Waals surface area contributed by atoms with E-state index in [9.17, 15) is 14.0 Å². The molecule has 0 radical (unpaired) electrons. The van der Waals surface area contributed by atoms with Crippen LogP contribution < -0.4 is 5.32 Å². The number of pyridine rings is 1. The van der Waals surface area contributed by atoms with Gasteiger partial charge in [-0.3, -0.25) is 14.6 Å². The van der Waals surface area contributed by atoms with E-state index in [0.717, 1.165) is 0 Å². The predicted molar refractivity (Wildman–Crippen MR) is 89.5 cm³/mol. The predicted octanol–water partition coefficient (Wildman–Crippen LogP) is 3.45. The highest BCUT2D eigenvalue weighted by molar-refractivity contribution is 5.99. The van der Waals surface area contributed by atoms with Crippen LogP contribution in [0.1, 0.15) is 49.2 Å². The number of carboxylic acid groups (broad SMARTS) is 1. The van der Waals surface area contributed by atoms with Crippen molar-refractivity contribution in [3.63, 3.8) is 0 Å². The van der Waals surface area contributed by atoms with Gasteiger partial charge in [-0.25, -0.2) is 4.39 Å². The van der Waals surface area contributed by atoms with Crippen molar-refractivity contribution in [2.24, 2.45) is 0 Å². The number of aryl methyl sites for hydroxylation is 1. The van der Waals surface area contributed by atoms with E-state index >= 15 is 0 Å². The molecule has 1 heterocycles. The minimum absolute atomic E-state index is 0.142. The third-order valence-electron chi connectivity index (χ3n) is 4.44. The minimum atomic E-state index is -0.956. The van der Waals surface area contributed by atoms with Gasteiger partial charge < -0.3 is 10.4 Å². The summed E-state index contributed by atoms with van der Waals surface area (Å²) in [5.41, 5.74) is 0.521. The Morgan fingerprint density at radius 1 is 1.25 bits per heavy atom. The van der Waals surface area contributed by atoms with Crippen molar-refractivity contribution in [3.8, 4) is 0 Å². The van der Waals surface area contributed by atoms with E-state index < -0.39 is 11.5 Å². The Bertz CT molecular complexity index is 785. The normalized spacial score (nSPS) is 11.5. The Labute approximate surface area is 139 Å². The molecule has 0 aliphatic carbocycles. The number of aromatic nitrogens is 1. The molecule has 1 aromatic heterocycles. The summed E-state index contributed by atoms with van der Waals surface area (Å²) in [7, 11) is 0. The summed E-state index contributed by atoms with van der Waals surface area (Å²) in [4.78, 5) is 28.1. The van der Waals surface area contributed by atoms with Crippen LogP contribution in [0.15, 0.2) is 24.3 Å². The van der Waals surface area contributed by atoms with Crippen LogP contribution in [0.3, 0.4) is 0 Å². The second-order valence-corrected chi connectivity index (χ2v) is 5.97. The van der Waals surface area contributed by atoms with Crippen LogP contribution in [0.2, 0.25) is 0 Å². The molecular formula is C18H21FN2O3. The van der Waals surface area contributed by atoms with Gasteiger partial charge >= 0.3 is 5.97 Å². The number of rotatable bonds is 6. The quantitative estimate of drug-likeness (QED) is 0.849. The molecule has 0 bridgehead atoms. The van der Waals surface area contributed by atoms with Gasteiger partial charge in [-0.15, -0.1) is 0 Å². The molecule has 0 aliphatic heterocycles. The zero-order valence-electron chi connectivity index (χ0n) is 14.0. The lowest BCUT2D eigenvalue weighted by atomic mass is 9.88. The summed E-state index contributed by atoms with van der Waals surface area (Å²) < 4.78 is 13.3. The van der Waals surface area contributed by atoms with Crippen LogP contribution >= 0.6 is 0 Å². The van der Waals surface area contributed by atoms with Crippen LogP contribution in [-0.2, 0) is 4.79 Å². The molecule has 128 valence electrons. The van der Waals surface area contributed by atoms with E-state index in [-0.39, 0.29) is 18.1 Å². The number of nitrogens with zero attached hydrogens (tertiary/aromatic N) is 1. The van der Waals surface area contributed by atoms with Crippen molar-refractivity contribution in [2.75, 3.05) is 0 Å². The molecule has 0 spiro atoms. The molecule has 2 N–H and O–H groups in total. The summed E-state index contributed by atoms with van der Waals surface area (Å²) in [5.74, 6) is -1.71. The number of aliphatic carboxylic acids is 1. The summed E-state index contributed by atoms with van der Waals surface area (Å²) in [6.07, 6.45) is 0.872. The maximum Gasteiger partial charge on any atom is 0.305 e. The van der Waals surface area contributed by atoms with Gasteiger partial charge in [-0.1, -0.05) is 13.8 Å². The fraction of sp³-hybridized carbons (Fsp3) is 0.389. The van der Waals surface area contributed by atoms with Crippen molar-refractivity contribution >= 4 is 22.8 Å². The van der Waals surface area contributed by atoms with Crippen molar-refractivity contribution in [1.29, 1.82) is 0 Å². The number of benzene rings is 1. The Hall–Kier alpha value is -2.50. The summed E-state index contributed by atoms with van der Waals surface area (Å²) in [5, 5.41) is 12.6. The first kappa shape index (κ1) is 17.8. The number of fused-ring (bicyclic) bond motifs is 1. The molecule has 0 saturated carbocycles. The largest absolute Gasteiger partial charge is 0.481 e. The summed E-state index contributed by atoms with van der Waals surface area (Å²) >= 11 is 0. The number of amides is 1. The molecule has 6 heteroatoms. The molecule has 0 saturated heterocycles. The van der Waals surface area contributed by atoms with Gasteiger partial charge in [-0.05, 0) is 38.0 Å². The first-order valence-corrected chi connectivity index (χ1v) is 7.91. The van der Waals surface area contributed by atoms with E-state index in [2.05, 4.69) is 10.3 Å². The highest BCUT2D eigenvalue weighted by atomic mass is 19.1. The second-order valence-electron chi connectivity index (χ2n) is 5.97. The SMILES string of the molecule is CCC(CC)(CC(=O)O)NC(=O)c1cc2ccc(F)cc2nc1C. The minimum Gasteiger partial charge on any atom is -0.481 e. The lowest BCUT2D eigenvalue weighted by Gasteiger charge is -2.31. The molecule has 24 heavy (non-hydrogen) atoms. The van der Waals surface area contributed by atoms with Gasteiger partial charge in [0.15, 0.2) is 0 Å². The maximum atomic E-state index is 13.3. The Kier molecular flexibility index (Phi) is 5.17. The molecule has 5 nitrogen and oxygen atoms in total. The standard InChI is InChI=1S/C18H21FN2O3/c1-4-18(5-2,10-16(22)23)21-17(24)14-8-12-6-7-13(19)9-15(12)20-11(14)3/h6-9H,4-5,10H2,1-3H3,(H,21,24)(H,22,23). The van der Waals surface area contributed by atoms with Crippen molar-refractivity contribution in [2.45, 2.75) is 45.6 Å². The molecular weight excluding hydrogens is 311 g/mol. The van der Waals surface area contributed by atoms with E-state index in [0.29, 0.717) is 35.0 Å². The van der Waals surface area contributed by atoms with Gasteiger partial charge in [0, 0.05) is 11.5 Å². The molecule has 0 atom stereocenters. The summed E-state index contributed by atoms with van der Waals surface area (Å²) in [6.45, 7) is 5.37. The van der Waals surface area contributed by atoms with Crippen molar-refractivity contribution < 1.29 is 19.1 Å². The summed E-state index contributed by atoms with van der Waals surface area (Å²) in [6, 6.07) is 5.85. The van der Waals surface area contributed by atoms with Gasteiger partial charge in [0.25, 0.3) is 5.91 Å². The molecule has 2 aromatic rings. The van der Waals surface area contributed by atoms with Crippen molar-refractivity contribution in [1.82, 2.24) is 10.3 Å². The molecule has 1 amide bonds.